The fourth-order valence-corrected chi connectivity index (χ4v) is 2.85. The molecule has 0 aromatic heterocycles. The van der Waals surface area contributed by atoms with Gasteiger partial charge in [-0.3, -0.25) is 4.79 Å². The average molecular weight is 274 g/mol. The number of likely N-dealkylation sites (tertiary alicyclic amines) is 1. The standard InChI is InChI=1S/C12H22N2O3S/c1-9(8-18-2)13-12(17)14-6-4-3-5-10(14)7-11(15)16/h9-10H,3-8H2,1-2H3,(H,13,17)(H,15,16). The number of hydrogen-bond donors (Lipinski definition) is 2. The van der Waals surface area contributed by atoms with Crippen molar-refractivity contribution in [1.82, 2.24) is 10.2 Å². The number of rotatable bonds is 5. The van der Waals surface area contributed by atoms with Crippen LogP contribution in [-0.4, -0.2) is 52.6 Å². The van der Waals surface area contributed by atoms with Crippen molar-refractivity contribution >= 4 is 23.8 Å². The van der Waals surface area contributed by atoms with Crippen LogP contribution < -0.4 is 5.32 Å². The van der Waals surface area contributed by atoms with Crippen molar-refractivity contribution < 1.29 is 14.7 Å². The first-order valence-electron chi connectivity index (χ1n) is 6.32. The van der Waals surface area contributed by atoms with E-state index in [-0.39, 0.29) is 24.5 Å². The molecule has 0 aliphatic carbocycles. The molecule has 5 nitrogen and oxygen atoms in total. The molecule has 1 aliphatic heterocycles. The molecule has 18 heavy (non-hydrogen) atoms. The van der Waals surface area contributed by atoms with E-state index in [0.717, 1.165) is 25.0 Å². The Morgan fingerprint density at radius 2 is 2.22 bits per heavy atom. The minimum atomic E-state index is -0.836. The second kappa shape index (κ2) is 7.51. The molecule has 0 spiro atoms. The first-order chi connectivity index (χ1) is 8.54. The van der Waals surface area contributed by atoms with Gasteiger partial charge in [-0.15, -0.1) is 0 Å². The van der Waals surface area contributed by atoms with Gasteiger partial charge in [-0.2, -0.15) is 11.8 Å². The van der Waals surface area contributed by atoms with Gasteiger partial charge in [-0.25, -0.2) is 4.79 Å². The fourth-order valence-electron chi connectivity index (χ4n) is 2.27. The zero-order chi connectivity index (χ0) is 13.5. The summed E-state index contributed by atoms with van der Waals surface area (Å²) in [7, 11) is 0. The van der Waals surface area contributed by atoms with Crippen LogP contribution in [0.3, 0.4) is 0 Å². The number of nitrogens with zero attached hydrogens (tertiary/aromatic N) is 1. The zero-order valence-corrected chi connectivity index (χ0v) is 11.8. The van der Waals surface area contributed by atoms with Crippen LogP contribution >= 0.6 is 11.8 Å². The summed E-state index contributed by atoms with van der Waals surface area (Å²) in [4.78, 5) is 24.6. The number of nitrogens with one attached hydrogen (secondary N) is 1. The molecule has 1 aliphatic rings. The molecule has 1 heterocycles. The van der Waals surface area contributed by atoms with Crippen LogP contribution in [0, 0.1) is 0 Å². The van der Waals surface area contributed by atoms with Crippen molar-refractivity contribution in [2.24, 2.45) is 0 Å². The number of aliphatic carboxylic acids is 1. The largest absolute Gasteiger partial charge is 0.481 e. The summed E-state index contributed by atoms with van der Waals surface area (Å²) in [5.74, 6) is 0.0280. The summed E-state index contributed by atoms with van der Waals surface area (Å²) in [6, 6.07) is -0.167. The van der Waals surface area contributed by atoms with Crippen molar-refractivity contribution in [2.75, 3.05) is 18.6 Å². The van der Waals surface area contributed by atoms with Gasteiger partial charge in [-0.1, -0.05) is 0 Å². The van der Waals surface area contributed by atoms with Gasteiger partial charge in [0.05, 0.1) is 6.42 Å². The molecule has 0 aromatic rings. The molecule has 1 rings (SSSR count). The lowest BCUT2D eigenvalue weighted by atomic mass is 10.00. The molecule has 2 N–H and O–H groups in total. The van der Waals surface area contributed by atoms with E-state index in [1.807, 2.05) is 13.2 Å². The van der Waals surface area contributed by atoms with Crippen LogP contribution in [0.5, 0.6) is 0 Å². The van der Waals surface area contributed by atoms with Gasteiger partial charge in [0, 0.05) is 24.4 Å². The Morgan fingerprint density at radius 1 is 1.50 bits per heavy atom. The number of thioether (sulfide) groups is 1. The average Bonchev–Trinajstić information content (AvgIpc) is 2.28. The number of carboxylic acids is 1. The van der Waals surface area contributed by atoms with Crippen LogP contribution in [0.2, 0.25) is 0 Å². The number of piperidine rings is 1. The lowest BCUT2D eigenvalue weighted by Gasteiger charge is -2.35. The van der Waals surface area contributed by atoms with Gasteiger partial charge < -0.3 is 15.3 Å². The number of carboxylic acid groups (broad SMARTS) is 1. The number of carbonyl (C=O) groups excluding carboxylic acids is 1. The maximum atomic E-state index is 12.1. The van der Waals surface area contributed by atoms with Gasteiger partial charge in [0.25, 0.3) is 0 Å². The third-order valence-electron chi connectivity index (χ3n) is 3.08. The first kappa shape index (κ1) is 15.1. The molecular formula is C12H22N2O3S. The van der Waals surface area contributed by atoms with Gasteiger partial charge in [0.15, 0.2) is 0 Å². The molecule has 2 amide bonds. The quantitative estimate of drug-likeness (QED) is 0.801. The highest BCUT2D eigenvalue weighted by Crippen LogP contribution is 2.19. The van der Waals surface area contributed by atoms with E-state index in [1.165, 1.54) is 0 Å². The highest BCUT2D eigenvalue weighted by molar-refractivity contribution is 7.98. The zero-order valence-electron chi connectivity index (χ0n) is 11.0. The predicted molar refractivity (Wildman–Crippen MR) is 73.0 cm³/mol. The fraction of sp³-hybridized carbons (Fsp3) is 0.833. The molecular weight excluding hydrogens is 252 g/mol. The van der Waals surface area contributed by atoms with Crippen molar-refractivity contribution in [1.29, 1.82) is 0 Å². The minimum Gasteiger partial charge on any atom is -0.481 e. The molecule has 0 aromatic carbocycles. The number of urea groups is 1. The van der Waals surface area contributed by atoms with Crippen molar-refractivity contribution in [3.05, 3.63) is 0 Å². The molecule has 6 heteroatoms. The van der Waals surface area contributed by atoms with Gasteiger partial charge in [-0.05, 0) is 32.4 Å². The van der Waals surface area contributed by atoms with Crippen LogP contribution in [0.1, 0.15) is 32.6 Å². The van der Waals surface area contributed by atoms with E-state index in [4.69, 9.17) is 5.11 Å². The van der Waals surface area contributed by atoms with Crippen molar-refractivity contribution in [3.8, 4) is 0 Å². The monoisotopic (exact) mass is 274 g/mol. The number of hydrogen-bond acceptors (Lipinski definition) is 3. The number of carbonyl (C=O) groups is 2. The lowest BCUT2D eigenvalue weighted by Crippen LogP contribution is -2.51. The predicted octanol–water partition coefficient (Wildman–Crippen LogP) is 1.78. The second-order valence-electron chi connectivity index (χ2n) is 4.75. The topological polar surface area (TPSA) is 69.6 Å². The Balaban J connectivity index is 2.54. The Bertz CT molecular complexity index is 299. The normalized spacial score (nSPS) is 21.4. The molecule has 104 valence electrons. The summed E-state index contributed by atoms with van der Waals surface area (Å²) in [5, 5.41) is 11.8. The Hall–Kier alpha value is -0.910. The lowest BCUT2D eigenvalue weighted by molar-refractivity contribution is -0.138. The van der Waals surface area contributed by atoms with E-state index < -0.39 is 5.97 Å². The Kier molecular flexibility index (Phi) is 6.32. The molecule has 0 saturated carbocycles. The third kappa shape index (κ3) is 4.76. The molecule has 1 fully saturated rings. The first-order valence-corrected chi connectivity index (χ1v) is 7.71. The van der Waals surface area contributed by atoms with Crippen LogP contribution in [0.15, 0.2) is 0 Å². The molecule has 0 radical (unpaired) electrons. The van der Waals surface area contributed by atoms with Crippen molar-refractivity contribution in [2.45, 2.75) is 44.7 Å². The maximum Gasteiger partial charge on any atom is 0.317 e. The highest BCUT2D eigenvalue weighted by atomic mass is 32.2. The SMILES string of the molecule is CSCC(C)NC(=O)N1CCCCC1CC(=O)O. The minimum absolute atomic E-state index is 0.0460. The van der Waals surface area contributed by atoms with Crippen LogP contribution in [-0.2, 0) is 4.79 Å². The second-order valence-corrected chi connectivity index (χ2v) is 5.66. The van der Waals surface area contributed by atoms with E-state index in [0.29, 0.717) is 6.54 Å². The van der Waals surface area contributed by atoms with Gasteiger partial charge >= 0.3 is 12.0 Å². The van der Waals surface area contributed by atoms with E-state index in [1.54, 1.807) is 16.7 Å². The van der Waals surface area contributed by atoms with Crippen molar-refractivity contribution in [3.63, 3.8) is 0 Å². The van der Waals surface area contributed by atoms with E-state index in [2.05, 4.69) is 5.32 Å². The molecule has 2 unspecified atom stereocenters. The highest BCUT2D eigenvalue weighted by Gasteiger charge is 2.28. The summed E-state index contributed by atoms with van der Waals surface area (Å²) < 4.78 is 0. The van der Waals surface area contributed by atoms with E-state index >= 15 is 0 Å². The summed E-state index contributed by atoms with van der Waals surface area (Å²) in [5.41, 5.74) is 0. The molecule has 0 bridgehead atoms. The smallest absolute Gasteiger partial charge is 0.317 e. The third-order valence-corrected chi connectivity index (χ3v) is 3.92. The van der Waals surface area contributed by atoms with Gasteiger partial charge in [0.2, 0.25) is 0 Å². The maximum absolute atomic E-state index is 12.1. The van der Waals surface area contributed by atoms with E-state index in [9.17, 15) is 9.59 Å². The number of amides is 2. The molecule has 2 atom stereocenters. The summed E-state index contributed by atoms with van der Waals surface area (Å²) in [6.45, 7) is 2.63. The van der Waals surface area contributed by atoms with Gasteiger partial charge in [0.1, 0.15) is 0 Å². The molecule has 1 saturated heterocycles. The summed E-state index contributed by atoms with van der Waals surface area (Å²) in [6.07, 6.45) is 4.79. The Labute approximate surface area is 112 Å². The van der Waals surface area contributed by atoms with Crippen LogP contribution in [0.25, 0.3) is 0 Å². The summed E-state index contributed by atoms with van der Waals surface area (Å²) >= 11 is 1.68. The van der Waals surface area contributed by atoms with Crippen LogP contribution in [0.4, 0.5) is 4.79 Å². The Morgan fingerprint density at radius 3 is 2.83 bits per heavy atom.